The smallest absolute Gasteiger partial charge is 0.336 e. The molecule has 0 unspecified atom stereocenters. The van der Waals surface area contributed by atoms with Crippen molar-refractivity contribution in [1.82, 2.24) is 0 Å². The highest BCUT2D eigenvalue weighted by molar-refractivity contribution is 6.32. The molecule has 0 saturated heterocycles. The Morgan fingerprint density at radius 3 is 1.95 bits per heavy atom. The number of carbonyl (C=O) groups is 2. The van der Waals surface area contributed by atoms with Crippen LogP contribution in [0.1, 0.15) is 0 Å². The molecule has 0 aliphatic rings. The maximum Gasteiger partial charge on any atom is 0.336 e. The van der Waals surface area contributed by atoms with Crippen LogP contribution in [0.5, 0.6) is 11.5 Å². The number of ether oxygens (including phenoxy) is 2. The standard InChI is InChI=1S/C16H10ClFO4/c17-11-5-1-3-7-13(11)21-15(19)9-10-16(20)22-14-8-4-2-6-12(14)18/h1-10H/b10-9+. The second kappa shape index (κ2) is 7.38. The molecule has 0 aliphatic heterocycles. The Bertz CT molecular complexity index is 666. The summed E-state index contributed by atoms with van der Waals surface area (Å²) in [4.78, 5) is 23.0. The van der Waals surface area contributed by atoms with Gasteiger partial charge < -0.3 is 9.47 Å². The average molecular weight is 321 g/mol. The Morgan fingerprint density at radius 1 is 0.864 bits per heavy atom. The third-order valence-corrected chi connectivity index (χ3v) is 2.76. The van der Waals surface area contributed by atoms with Gasteiger partial charge in [0, 0.05) is 12.2 Å². The van der Waals surface area contributed by atoms with Crippen molar-refractivity contribution in [3.8, 4) is 11.5 Å². The maximum atomic E-state index is 13.3. The summed E-state index contributed by atoms with van der Waals surface area (Å²) in [5.74, 6) is -2.44. The molecule has 0 amide bonds. The van der Waals surface area contributed by atoms with Crippen molar-refractivity contribution in [2.45, 2.75) is 0 Å². The van der Waals surface area contributed by atoms with Crippen molar-refractivity contribution in [2.75, 3.05) is 0 Å². The zero-order valence-electron chi connectivity index (χ0n) is 11.2. The molecule has 2 aromatic rings. The van der Waals surface area contributed by atoms with Crippen molar-refractivity contribution in [1.29, 1.82) is 0 Å². The maximum absolute atomic E-state index is 13.3. The fourth-order valence-corrected chi connectivity index (χ4v) is 1.65. The SMILES string of the molecule is O=C(/C=C/C(=O)Oc1ccccc1Cl)Oc1ccccc1F. The summed E-state index contributed by atoms with van der Waals surface area (Å²) in [6.45, 7) is 0. The summed E-state index contributed by atoms with van der Waals surface area (Å²) in [6, 6.07) is 11.8. The van der Waals surface area contributed by atoms with Gasteiger partial charge in [-0.05, 0) is 24.3 Å². The van der Waals surface area contributed by atoms with Crippen molar-refractivity contribution in [3.63, 3.8) is 0 Å². The van der Waals surface area contributed by atoms with E-state index < -0.39 is 17.8 Å². The monoisotopic (exact) mass is 320 g/mol. The zero-order valence-corrected chi connectivity index (χ0v) is 11.9. The molecule has 0 bridgehead atoms. The topological polar surface area (TPSA) is 52.6 Å². The number of rotatable bonds is 4. The lowest BCUT2D eigenvalue weighted by Gasteiger charge is -2.03. The Kier molecular flexibility index (Phi) is 5.27. The van der Waals surface area contributed by atoms with Crippen LogP contribution in [0.3, 0.4) is 0 Å². The molecule has 0 heterocycles. The number of hydrogen-bond acceptors (Lipinski definition) is 4. The van der Waals surface area contributed by atoms with Crippen LogP contribution in [0.2, 0.25) is 5.02 Å². The fraction of sp³-hybridized carbons (Fsp3) is 0. The first-order valence-electron chi connectivity index (χ1n) is 6.17. The molecule has 22 heavy (non-hydrogen) atoms. The van der Waals surface area contributed by atoms with Crippen LogP contribution in [0.25, 0.3) is 0 Å². The normalized spacial score (nSPS) is 10.5. The summed E-state index contributed by atoms with van der Waals surface area (Å²) in [5, 5.41) is 0.262. The molecule has 4 nitrogen and oxygen atoms in total. The van der Waals surface area contributed by atoms with Gasteiger partial charge in [-0.25, -0.2) is 14.0 Å². The predicted octanol–water partition coefficient (Wildman–Crippen LogP) is 3.55. The Morgan fingerprint density at radius 2 is 1.36 bits per heavy atom. The molecule has 0 radical (unpaired) electrons. The van der Waals surface area contributed by atoms with Gasteiger partial charge in [0.15, 0.2) is 11.6 Å². The van der Waals surface area contributed by atoms with Gasteiger partial charge in [0.05, 0.1) is 5.02 Å². The lowest BCUT2D eigenvalue weighted by Crippen LogP contribution is -2.09. The van der Waals surface area contributed by atoms with Crippen LogP contribution in [0.15, 0.2) is 60.7 Å². The molecule has 112 valence electrons. The molecule has 0 saturated carbocycles. The van der Waals surface area contributed by atoms with Crippen LogP contribution in [-0.4, -0.2) is 11.9 Å². The highest BCUT2D eigenvalue weighted by Crippen LogP contribution is 2.23. The lowest BCUT2D eigenvalue weighted by molar-refractivity contribution is -0.131. The molecule has 0 fully saturated rings. The largest absolute Gasteiger partial charge is 0.422 e. The van der Waals surface area contributed by atoms with Crippen molar-refractivity contribution in [2.24, 2.45) is 0 Å². The zero-order chi connectivity index (χ0) is 15.9. The molecule has 2 aromatic carbocycles. The molecular formula is C16H10ClFO4. The number of carbonyl (C=O) groups excluding carboxylic acids is 2. The minimum atomic E-state index is -0.902. The first-order valence-corrected chi connectivity index (χ1v) is 6.55. The fourth-order valence-electron chi connectivity index (χ4n) is 1.48. The van der Waals surface area contributed by atoms with E-state index in [0.717, 1.165) is 18.2 Å². The van der Waals surface area contributed by atoms with Crippen molar-refractivity contribution < 1.29 is 23.5 Å². The van der Waals surface area contributed by atoms with Gasteiger partial charge in [-0.2, -0.15) is 0 Å². The second-order valence-electron chi connectivity index (χ2n) is 4.04. The average Bonchev–Trinajstić information content (AvgIpc) is 2.50. The minimum absolute atomic E-state index is 0.168. The van der Waals surface area contributed by atoms with Crippen molar-refractivity contribution in [3.05, 3.63) is 71.5 Å². The summed E-state index contributed by atoms with van der Waals surface area (Å²) in [6.07, 6.45) is 1.71. The molecule has 0 N–H and O–H groups in total. The number of para-hydroxylation sites is 2. The molecule has 2 rings (SSSR count). The van der Waals surface area contributed by atoms with E-state index in [1.807, 2.05) is 0 Å². The summed E-state index contributed by atoms with van der Waals surface area (Å²) >= 11 is 5.82. The van der Waals surface area contributed by atoms with Gasteiger partial charge in [0.2, 0.25) is 0 Å². The summed E-state index contributed by atoms with van der Waals surface area (Å²) in [5.41, 5.74) is 0. The first kappa shape index (κ1) is 15.7. The van der Waals surface area contributed by atoms with E-state index in [9.17, 15) is 14.0 Å². The number of benzene rings is 2. The van der Waals surface area contributed by atoms with Gasteiger partial charge in [-0.1, -0.05) is 35.9 Å². The van der Waals surface area contributed by atoms with Gasteiger partial charge in [0.25, 0.3) is 0 Å². The van der Waals surface area contributed by atoms with Crippen LogP contribution in [0, 0.1) is 5.82 Å². The molecule has 6 heteroatoms. The van der Waals surface area contributed by atoms with E-state index in [2.05, 4.69) is 0 Å². The highest BCUT2D eigenvalue weighted by Gasteiger charge is 2.08. The summed E-state index contributed by atoms with van der Waals surface area (Å²) < 4.78 is 22.9. The molecule has 0 aliphatic carbocycles. The number of hydrogen-bond donors (Lipinski definition) is 0. The Balaban J connectivity index is 1.94. The highest BCUT2D eigenvalue weighted by atomic mass is 35.5. The molecule has 0 atom stereocenters. The van der Waals surface area contributed by atoms with Crippen molar-refractivity contribution >= 4 is 23.5 Å². The Hall–Kier alpha value is -2.66. The third-order valence-electron chi connectivity index (χ3n) is 2.45. The van der Waals surface area contributed by atoms with Gasteiger partial charge in [-0.3, -0.25) is 0 Å². The van der Waals surface area contributed by atoms with Crippen LogP contribution < -0.4 is 9.47 Å². The predicted molar refractivity (Wildman–Crippen MR) is 78.3 cm³/mol. The van der Waals surface area contributed by atoms with Gasteiger partial charge in [-0.15, -0.1) is 0 Å². The van der Waals surface area contributed by atoms with E-state index in [1.54, 1.807) is 18.2 Å². The second-order valence-corrected chi connectivity index (χ2v) is 4.44. The first-order chi connectivity index (χ1) is 10.6. The van der Waals surface area contributed by atoms with Gasteiger partial charge in [0.1, 0.15) is 5.75 Å². The molecular weight excluding hydrogens is 311 g/mol. The Labute approximate surface area is 130 Å². The third kappa shape index (κ3) is 4.43. The molecule has 0 spiro atoms. The summed E-state index contributed by atoms with van der Waals surface area (Å²) in [7, 11) is 0. The van der Waals surface area contributed by atoms with Crippen LogP contribution >= 0.6 is 11.6 Å². The number of halogens is 2. The quantitative estimate of drug-likeness (QED) is 0.491. The van der Waals surface area contributed by atoms with Crippen LogP contribution in [0.4, 0.5) is 4.39 Å². The minimum Gasteiger partial charge on any atom is -0.422 e. The van der Waals surface area contributed by atoms with E-state index in [4.69, 9.17) is 21.1 Å². The van der Waals surface area contributed by atoms with Crippen LogP contribution in [-0.2, 0) is 9.59 Å². The number of esters is 2. The van der Waals surface area contributed by atoms with E-state index in [0.29, 0.717) is 0 Å². The molecule has 0 aromatic heterocycles. The van der Waals surface area contributed by atoms with E-state index >= 15 is 0 Å². The lowest BCUT2D eigenvalue weighted by atomic mass is 10.3. The van der Waals surface area contributed by atoms with Gasteiger partial charge >= 0.3 is 11.9 Å². The van der Waals surface area contributed by atoms with E-state index in [-0.39, 0.29) is 16.5 Å². The van der Waals surface area contributed by atoms with E-state index in [1.165, 1.54) is 24.3 Å².